The van der Waals surface area contributed by atoms with Crippen LogP contribution in [0.5, 0.6) is 0 Å². The zero-order chi connectivity index (χ0) is 23.7. The molecule has 4 aromatic rings. The molecule has 166 valence electrons. The molecular formula is C28H21ClN4S. The molecule has 0 fully saturated rings. The molecule has 3 N–H and O–H groups in total. The van der Waals surface area contributed by atoms with Crippen LogP contribution in [0, 0.1) is 11.3 Å². The van der Waals surface area contributed by atoms with Crippen LogP contribution >= 0.6 is 23.4 Å². The average molecular weight is 481 g/mol. The van der Waals surface area contributed by atoms with Crippen molar-refractivity contribution < 1.29 is 0 Å². The van der Waals surface area contributed by atoms with Crippen molar-refractivity contribution in [2.45, 2.75) is 22.4 Å². The van der Waals surface area contributed by atoms with E-state index in [0.29, 0.717) is 27.1 Å². The quantitative estimate of drug-likeness (QED) is 0.325. The highest BCUT2D eigenvalue weighted by atomic mass is 35.5. The summed E-state index contributed by atoms with van der Waals surface area (Å²) in [5.41, 5.74) is 11.0. The van der Waals surface area contributed by atoms with E-state index in [4.69, 9.17) is 17.3 Å². The molecule has 1 atom stereocenters. The lowest BCUT2D eigenvalue weighted by Crippen LogP contribution is -2.34. The summed E-state index contributed by atoms with van der Waals surface area (Å²) >= 11 is 7.44. The van der Waals surface area contributed by atoms with Crippen molar-refractivity contribution in [3.63, 3.8) is 0 Å². The number of fused-ring (bicyclic) bond motifs is 1. The maximum absolute atomic E-state index is 10.3. The molecule has 1 aliphatic rings. The van der Waals surface area contributed by atoms with E-state index >= 15 is 0 Å². The van der Waals surface area contributed by atoms with Crippen molar-refractivity contribution >= 4 is 40.4 Å². The number of pyridine rings is 1. The second-order valence-corrected chi connectivity index (χ2v) is 9.71. The van der Waals surface area contributed by atoms with Crippen molar-refractivity contribution in [3.05, 3.63) is 118 Å². The van der Waals surface area contributed by atoms with Gasteiger partial charge in [-0.2, -0.15) is 5.26 Å². The number of rotatable bonds is 4. The van der Waals surface area contributed by atoms with E-state index in [1.54, 1.807) is 0 Å². The van der Waals surface area contributed by atoms with Crippen LogP contribution in [0.15, 0.2) is 101 Å². The van der Waals surface area contributed by atoms with E-state index < -0.39 is 5.54 Å². The van der Waals surface area contributed by atoms with Crippen molar-refractivity contribution in [3.8, 4) is 6.07 Å². The number of halogens is 1. The minimum absolute atomic E-state index is 0.378. The van der Waals surface area contributed by atoms with Gasteiger partial charge in [-0.1, -0.05) is 84.0 Å². The van der Waals surface area contributed by atoms with Gasteiger partial charge in [0.05, 0.1) is 11.2 Å². The normalized spacial score (nSPS) is 16.7. The van der Waals surface area contributed by atoms with Crippen LogP contribution in [-0.4, -0.2) is 4.98 Å². The van der Waals surface area contributed by atoms with Gasteiger partial charge in [-0.25, -0.2) is 4.98 Å². The van der Waals surface area contributed by atoms with Crippen molar-refractivity contribution in [1.29, 1.82) is 5.26 Å². The Morgan fingerprint density at radius 3 is 2.26 bits per heavy atom. The highest BCUT2D eigenvalue weighted by molar-refractivity contribution is 7.99. The Bertz CT molecular complexity index is 1430. The van der Waals surface area contributed by atoms with Gasteiger partial charge in [0, 0.05) is 15.5 Å². The minimum atomic E-state index is -0.555. The molecule has 4 nitrogen and oxygen atoms in total. The Labute approximate surface area is 208 Å². The molecule has 1 aromatic heterocycles. The molecule has 34 heavy (non-hydrogen) atoms. The van der Waals surface area contributed by atoms with Gasteiger partial charge in [-0.05, 0) is 54.0 Å². The third kappa shape index (κ3) is 4.03. The summed E-state index contributed by atoms with van der Waals surface area (Å²) in [4.78, 5) is 5.60. The number of nitrogens with one attached hydrogen (secondary N) is 1. The molecule has 0 spiro atoms. The Morgan fingerprint density at radius 2 is 1.62 bits per heavy atom. The topological polar surface area (TPSA) is 74.7 Å². The first-order chi connectivity index (χ1) is 16.5. The van der Waals surface area contributed by atoms with Gasteiger partial charge in [0.15, 0.2) is 0 Å². The SMILES string of the molecule is CC1(c2ccccc2)C=C(c2ccccc2)c2c(N)nc(Sc3ccc(Cl)cc3)c(C#N)c2N1. The second-order valence-electron chi connectivity index (χ2n) is 8.21. The molecule has 3 aromatic carbocycles. The molecule has 0 aliphatic carbocycles. The van der Waals surface area contributed by atoms with Crippen LogP contribution in [0.2, 0.25) is 5.02 Å². The van der Waals surface area contributed by atoms with E-state index in [2.05, 4.69) is 41.5 Å². The molecule has 1 unspecified atom stereocenters. The van der Waals surface area contributed by atoms with E-state index in [1.807, 2.05) is 72.8 Å². The number of hydrogen-bond acceptors (Lipinski definition) is 5. The minimum Gasteiger partial charge on any atom is -0.383 e. The first kappa shape index (κ1) is 22.1. The highest BCUT2D eigenvalue weighted by Gasteiger charge is 2.35. The van der Waals surface area contributed by atoms with Gasteiger partial charge in [-0.3, -0.25) is 0 Å². The molecule has 5 rings (SSSR count). The summed E-state index contributed by atoms with van der Waals surface area (Å²) in [6.45, 7) is 2.11. The number of nitriles is 1. The van der Waals surface area contributed by atoms with Gasteiger partial charge in [0.25, 0.3) is 0 Å². The van der Waals surface area contributed by atoms with Gasteiger partial charge in [0.1, 0.15) is 22.5 Å². The highest BCUT2D eigenvalue weighted by Crippen LogP contribution is 2.47. The number of anilines is 2. The molecule has 1 aliphatic heterocycles. The number of aromatic nitrogens is 1. The number of nitrogens with two attached hydrogens (primary N) is 1. The maximum atomic E-state index is 10.3. The molecule has 0 radical (unpaired) electrons. The van der Waals surface area contributed by atoms with Crippen LogP contribution in [0.25, 0.3) is 5.57 Å². The first-order valence-electron chi connectivity index (χ1n) is 10.8. The summed E-state index contributed by atoms with van der Waals surface area (Å²) in [7, 11) is 0. The summed E-state index contributed by atoms with van der Waals surface area (Å²) in [5.74, 6) is 0.378. The predicted molar refractivity (Wildman–Crippen MR) is 140 cm³/mol. The first-order valence-corrected chi connectivity index (χ1v) is 12.0. The summed E-state index contributed by atoms with van der Waals surface area (Å²) in [5, 5.41) is 15.1. The zero-order valence-corrected chi connectivity index (χ0v) is 20.0. The standard InChI is InChI=1S/C28H21ClN4S/c1-28(19-10-6-3-7-11-19)16-22(18-8-4-2-5-9-18)24-25(33-28)23(17-30)27(32-26(24)31)34-21-14-12-20(29)13-15-21/h2-16,33H,1H3,(H2,31,32). The molecule has 0 amide bonds. The molecular weight excluding hydrogens is 460 g/mol. The summed E-state index contributed by atoms with van der Waals surface area (Å²) < 4.78 is 0. The van der Waals surface area contributed by atoms with Gasteiger partial charge in [0.2, 0.25) is 0 Å². The number of hydrogen-bond donors (Lipinski definition) is 2. The lowest BCUT2D eigenvalue weighted by Gasteiger charge is -2.37. The number of benzene rings is 3. The van der Waals surface area contributed by atoms with Crippen molar-refractivity contribution in [1.82, 2.24) is 4.98 Å². The summed E-state index contributed by atoms with van der Waals surface area (Å²) in [6.07, 6.45) is 2.17. The molecule has 6 heteroatoms. The third-order valence-corrected chi connectivity index (χ3v) is 7.13. The van der Waals surface area contributed by atoms with E-state index in [-0.39, 0.29) is 0 Å². The van der Waals surface area contributed by atoms with Gasteiger partial charge >= 0.3 is 0 Å². The van der Waals surface area contributed by atoms with Crippen LogP contribution in [-0.2, 0) is 5.54 Å². The van der Waals surface area contributed by atoms with E-state index in [9.17, 15) is 5.26 Å². The zero-order valence-electron chi connectivity index (χ0n) is 18.4. The fourth-order valence-corrected chi connectivity index (χ4v) is 5.23. The maximum Gasteiger partial charge on any atom is 0.134 e. The fourth-order valence-electron chi connectivity index (χ4n) is 4.21. The molecule has 2 heterocycles. The third-order valence-electron chi connectivity index (χ3n) is 5.88. The molecule has 0 saturated heterocycles. The average Bonchev–Trinajstić information content (AvgIpc) is 2.86. The Hall–Kier alpha value is -3.72. The smallest absolute Gasteiger partial charge is 0.134 e. The van der Waals surface area contributed by atoms with Gasteiger partial charge < -0.3 is 11.1 Å². The van der Waals surface area contributed by atoms with E-state index in [0.717, 1.165) is 27.2 Å². The number of nitrogens with zero attached hydrogens (tertiary/aromatic N) is 2. The largest absolute Gasteiger partial charge is 0.383 e. The number of nitrogen functional groups attached to an aromatic ring is 1. The summed E-state index contributed by atoms with van der Waals surface area (Å²) in [6, 6.07) is 30.1. The van der Waals surface area contributed by atoms with E-state index in [1.165, 1.54) is 11.8 Å². The second kappa shape index (κ2) is 8.90. The Kier molecular flexibility index (Phi) is 5.79. The molecule has 0 bridgehead atoms. The van der Waals surface area contributed by atoms with Crippen molar-refractivity contribution in [2.75, 3.05) is 11.1 Å². The Balaban J connectivity index is 1.73. The van der Waals surface area contributed by atoms with Crippen LogP contribution in [0.1, 0.15) is 29.2 Å². The fraction of sp³-hybridized carbons (Fsp3) is 0.0714. The lowest BCUT2D eigenvalue weighted by atomic mass is 9.81. The van der Waals surface area contributed by atoms with Crippen molar-refractivity contribution in [2.24, 2.45) is 0 Å². The van der Waals surface area contributed by atoms with Gasteiger partial charge in [-0.15, -0.1) is 0 Å². The van der Waals surface area contributed by atoms with Crippen LogP contribution in [0.4, 0.5) is 11.5 Å². The predicted octanol–water partition coefficient (Wildman–Crippen LogP) is 7.11. The van der Waals surface area contributed by atoms with Crippen LogP contribution in [0.3, 0.4) is 0 Å². The molecule has 0 saturated carbocycles. The monoisotopic (exact) mass is 480 g/mol. The Morgan fingerprint density at radius 1 is 0.971 bits per heavy atom. The van der Waals surface area contributed by atoms with Crippen LogP contribution < -0.4 is 11.1 Å². The lowest BCUT2D eigenvalue weighted by molar-refractivity contribution is 0.683.